The first-order chi connectivity index (χ1) is 14.6. The maximum absolute atomic E-state index is 12.6. The van der Waals surface area contributed by atoms with Crippen LogP contribution in [0.1, 0.15) is 6.42 Å². The van der Waals surface area contributed by atoms with Gasteiger partial charge in [0.15, 0.2) is 6.61 Å². The van der Waals surface area contributed by atoms with Crippen LogP contribution in [0.2, 0.25) is 0 Å². The van der Waals surface area contributed by atoms with Gasteiger partial charge in [-0.25, -0.2) is 0 Å². The number of likely N-dealkylation sites (tertiary alicyclic amines) is 1. The van der Waals surface area contributed by atoms with E-state index in [1.165, 1.54) is 0 Å². The number of para-hydroxylation sites is 1. The van der Waals surface area contributed by atoms with E-state index in [1.807, 2.05) is 54.6 Å². The number of pyridine rings is 1. The van der Waals surface area contributed by atoms with Crippen LogP contribution in [0.5, 0.6) is 5.75 Å². The van der Waals surface area contributed by atoms with E-state index in [4.69, 9.17) is 10.5 Å². The molecule has 0 radical (unpaired) electrons. The molecule has 4 aromatic rings. The number of hydrogen-bond acceptors (Lipinski definition) is 4. The molecule has 1 amide bonds. The standard InChI is InChI=1S/C23H22N4O3/c24-16-7-8-27(12-16)22(28)13-30-17-5-6-20-15(9-17)11-21(25-20)18-10-14-3-1-2-4-19(14)26-23(18)29/h1-6,9-11,16,25H,7-8,12-13,24H2,(H,26,29). The van der Waals surface area contributed by atoms with Gasteiger partial charge in [0.25, 0.3) is 11.5 Å². The van der Waals surface area contributed by atoms with Crippen LogP contribution >= 0.6 is 0 Å². The highest BCUT2D eigenvalue weighted by atomic mass is 16.5. The van der Waals surface area contributed by atoms with Gasteiger partial charge < -0.3 is 25.3 Å². The first-order valence-electron chi connectivity index (χ1n) is 9.98. The molecule has 1 aliphatic rings. The number of carbonyl (C=O) groups excluding carboxylic acids is 1. The molecule has 5 rings (SSSR count). The molecule has 7 nitrogen and oxygen atoms in total. The lowest BCUT2D eigenvalue weighted by atomic mass is 10.1. The number of nitrogens with one attached hydrogen (secondary N) is 2. The molecule has 0 spiro atoms. The third kappa shape index (κ3) is 3.44. The van der Waals surface area contributed by atoms with Crippen molar-refractivity contribution in [2.24, 2.45) is 5.73 Å². The summed E-state index contributed by atoms with van der Waals surface area (Å²) in [6.45, 7) is 1.26. The number of nitrogens with two attached hydrogens (primary N) is 1. The van der Waals surface area contributed by atoms with Crippen LogP contribution in [0.25, 0.3) is 33.1 Å². The lowest BCUT2D eigenvalue weighted by molar-refractivity contribution is -0.132. The molecule has 2 aromatic heterocycles. The molecule has 0 aliphatic carbocycles. The second-order valence-electron chi connectivity index (χ2n) is 7.71. The van der Waals surface area contributed by atoms with E-state index in [0.29, 0.717) is 24.4 Å². The molecular weight excluding hydrogens is 380 g/mol. The average Bonchev–Trinajstić information content (AvgIpc) is 3.37. The van der Waals surface area contributed by atoms with Gasteiger partial charge in [-0.1, -0.05) is 18.2 Å². The van der Waals surface area contributed by atoms with Crippen molar-refractivity contribution >= 4 is 27.7 Å². The monoisotopic (exact) mass is 402 g/mol. The number of amides is 1. The molecule has 0 bridgehead atoms. The van der Waals surface area contributed by atoms with Gasteiger partial charge in [-0.15, -0.1) is 0 Å². The molecule has 7 heteroatoms. The summed E-state index contributed by atoms with van der Waals surface area (Å²) in [7, 11) is 0. The number of nitrogens with zero attached hydrogens (tertiary/aromatic N) is 1. The van der Waals surface area contributed by atoms with Gasteiger partial charge in [0, 0.05) is 35.6 Å². The van der Waals surface area contributed by atoms with Crippen LogP contribution in [0.15, 0.2) is 59.4 Å². The Morgan fingerprint density at radius 3 is 2.73 bits per heavy atom. The molecule has 3 heterocycles. The summed E-state index contributed by atoms with van der Waals surface area (Å²) in [5.41, 5.74) is 8.72. The Morgan fingerprint density at radius 1 is 1.07 bits per heavy atom. The molecule has 2 aromatic carbocycles. The van der Waals surface area contributed by atoms with Crippen molar-refractivity contribution in [2.45, 2.75) is 12.5 Å². The van der Waals surface area contributed by atoms with Gasteiger partial charge >= 0.3 is 0 Å². The summed E-state index contributed by atoms with van der Waals surface area (Å²) in [6, 6.07) is 17.1. The van der Waals surface area contributed by atoms with Crippen LogP contribution in [0, 0.1) is 0 Å². The number of rotatable bonds is 4. The zero-order valence-electron chi connectivity index (χ0n) is 16.4. The molecule has 1 fully saturated rings. The fraction of sp³-hybridized carbons (Fsp3) is 0.217. The van der Waals surface area contributed by atoms with Gasteiger partial charge in [0.2, 0.25) is 0 Å². The third-order valence-electron chi connectivity index (χ3n) is 5.58. The molecule has 0 saturated carbocycles. The zero-order chi connectivity index (χ0) is 20.7. The Bertz CT molecular complexity index is 1310. The van der Waals surface area contributed by atoms with Gasteiger partial charge in [-0.3, -0.25) is 9.59 Å². The third-order valence-corrected chi connectivity index (χ3v) is 5.58. The summed E-state index contributed by atoms with van der Waals surface area (Å²) < 4.78 is 5.71. The van der Waals surface area contributed by atoms with E-state index >= 15 is 0 Å². The molecule has 152 valence electrons. The van der Waals surface area contributed by atoms with E-state index in [1.54, 1.807) is 4.90 Å². The van der Waals surface area contributed by atoms with E-state index in [0.717, 1.165) is 33.9 Å². The molecule has 1 unspecified atom stereocenters. The number of carbonyl (C=O) groups is 1. The molecular formula is C23H22N4O3. The van der Waals surface area contributed by atoms with Crippen LogP contribution < -0.4 is 16.0 Å². The summed E-state index contributed by atoms with van der Waals surface area (Å²) in [5.74, 6) is 0.554. The lowest BCUT2D eigenvalue weighted by Gasteiger charge is -2.16. The van der Waals surface area contributed by atoms with E-state index < -0.39 is 0 Å². The number of aromatic amines is 2. The number of benzene rings is 2. The molecule has 30 heavy (non-hydrogen) atoms. The maximum Gasteiger partial charge on any atom is 0.260 e. The van der Waals surface area contributed by atoms with E-state index in [9.17, 15) is 9.59 Å². The maximum atomic E-state index is 12.6. The Kier molecular flexibility index (Phi) is 4.52. The fourth-order valence-electron chi connectivity index (χ4n) is 3.94. The summed E-state index contributed by atoms with van der Waals surface area (Å²) in [6.07, 6.45) is 0.831. The minimum atomic E-state index is -0.147. The molecule has 1 aliphatic heterocycles. The van der Waals surface area contributed by atoms with Gasteiger partial charge in [-0.2, -0.15) is 0 Å². The second kappa shape index (κ2) is 7.35. The van der Waals surface area contributed by atoms with Crippen LogP contribution in [-0.4, -0.2) is 46.5 Å². The van der Waals surface area contributed by atoms with E-state index in [-0.39, 0.29) is 24.1 Å². The second-order valence-corrected chi connectivity index (χ2v) is 7.71. The first-order valence-corrected chi connectivity index (χ1v) is 9.98. The predicted octanol–water partition coefficient (Wildman–Crippen LogP) is 2.61. The highest BCUT2D eigenvalue weighted by Gasteiger charge is 2.23. The van der Waals surface area contributed by atoms with Gasteiger partial charge in [0.1, 0.15) is 5.75 Å². The number of hydrogen-bond donors (Lipinski definition) is 3. The van der Waals surface area contributed by atoms with Crippen molar-refractivity contribution < 1.29 is 9.53 Å². The minimum Gasteiger partial charge on any atom is -0.484 e. The summed E-state index contributed by atoms with van der Waals surface area (Å²) in [5, 5.41) is 1.88. The molecule has 4 N–H and O–H groups in total. The quantitative estimate of drug-likeness (QED) is 0.488. The van der Waals surface area contributed by atoms with Crippen molar-refractivity contribution in [1.82, 2.24) is 14.9 Å². The average molecular weight is 402 g/mol. The SMILES string of the molecule is NC1CCN(C(=O)COc2ccc3[nH]c(-c4cc5ccccc5[nH]c4=O)cc3c2)C1. The Hall–Kier alpha value is -3.58. The van der Waals surface area contributed by atoms with Crippen LogP contribution in [0.3, 0.4) is 0 Å². The van der Waals surface area contributed by atoms with Crippen LogP contribution in [-0.2, 0) is 4.79 Å². The van der Waals surface area contributed by atoms with Crippen molar-refractivity contribution in [2.75, 3.05) is 19.7 Å². The fourth-order valence-corrected chi connectivity index (χ4v) is 3.94. The van der Waals surface area contributed by atoms with Gasteiger partial charge in [0.05, 0.1) is 11.3 Å². The minimum absolute atomic E-state index is 0.0140. The number of ether oxygens (including phenoxy) is 1. The number of aromatic nitrogens is 2. The van der Waals surface area contributed by atoms with Crippen molar-refractivity contribution in [3.05, 3.63) is 65.0 Å². The highest BCUT2D eigenvalue weighted by molar-refractivity contribution is 5.89. The molecule has 1 saturated heterocycles. The summed E-state index contributed by atoms with van der Waals surface area (Å²) in [4.78, 5) is 32.8. The van der Waals surface area contributed by atoms with Crippen molar-refractivity contribution in [3.8, 4) is 17.0 Å². The Labute approximate surface area is 172 Å². The predicted molar refractivity (Wildman–Crippen MR) is 117 cm³/mol. The lowest BCUT2D eigenvalue weighted by Crippen LogP contribution is -2.35. The molecule has 1 atom stereocenters. The number of fused-ring (bicyclic) bond motifs is 2. The highest BCUT2D eigenvalue weighted by Crippen LogP contribution is 2.27. The zero-order valence-corrected chi connectivity index (χ0v) is 16.4. The number of H-pyrrole nitrogens is 2. The Balaban J connectivity index is 1.38. The van der Waals surface area contributed by atoms with Gasteiger partial charge in [-0.05, 0) is 48.2 Å². The normalized spacial score (nSPS) is 16.4. The first kappa shape index (κ1) is 18.4. The smallest absolute Gasteiger partial charge is 0.260 e. The van der Waals surface area contributed by atoms with Crippen molar-refractivity contribution in [1.29, 1.82) is 0 Å². The van der Waals surface area contributed by atoms with E-state index in [2.05, 4.69) is 9.97 Å². The Morgan fingerprint density at radius 2 is 1.90 bits per heavy atom. The topological polar surface area (TPSA) is 104 Å². The summed E-state index contributed by atoms with van der Waals surface area (Å²) >= 11 is 0. The van der Waals surface area contributed by atoms with Crippen molar-refractivity contribution in [3.63, 3.8) is 0 Å². The van der Waals surface area contributed by atoms with Crippen LogP contribution in [0.4, 0.5) is 0 Å². The largest absolute Gasteiger partial charge is 0.484 e.